The number of benzene rings is 1. The number of aromatic nitrogens is 1. The van der Waals surface area contributed by atoms with Gasteiger partial charge in [0.25, 0.3) is 0 Å². The molecule has 2 aliphatic heterocycles. The summed E-state index contributed by atoms with van der Waals surface area (Å²) in [6, 6.07) is 10.3. The Kier molecular flexibility index (Phi) is 5.09. The first-order valence-corrected chi connectivity index (χ1v) is 10.4. The van der Waals surface area contributed by atoms with Gasteiger partial charge in [-0.3, -0.25) is 9.69 Å². The first kappa shape index (κ1) is 17.7. The van der Waals surface area contributed by atoms with Crippen LogP contribution in [-0.2, 0) is 17.8 Å². The Morgan fingerprint density at radius 1 is 1.23 bits per heavy atom. The summed E-state index contributed by atoms with van der Waals surface area (Å²) < 4.78 is 0. The molecule has 5 heteroatoms. The molecule has 0 radical (unpaired) electrons. The second-order valence-electron chi connectivity index (χ2n) is 7.65. The fourth-order valence-corrected chi connectivity index (χ4v) is 5.15. The van der Waals surface area contributed by atoms with Crippen LogP contribution in [-0.4, -0.2) is 45.9 Å². The molecular formula is C21H27N3OS. The first-order valence-electron chi connectivity index (χ1n) is 9.63. The standard InChI is InChI=1S/C21H27N3OS/c1-17-22-14-19(26-17)15-24-13-11-21(24)10-5-12-23(16-21)20(25)9-8-18-6-3-2-4-7-18/h2-4,6-7,14H,5,8-13,15-16H2,1H3/t21-/m0/s1. The number of hydrogen-bond acceptors (Lipinski definition) is 4. The number of hydrogen-bond donors (Lipinski definition) is 0. The van der Waals surface area contributed by atoms with Crippen LogP contribution in [0, 0.1) is 6.92 Å². The van der Waals surface area contributed by atoms with Crippen LogP contribution in [0.5, 0.6) is 0 Å². The fourth-order valence-electron chi connectivity index (χ4n) is 4.34. The third-order valence-electron chi connectivity index (χ3n) is 5.91. The van der Waals surface area contributed by atoms with Crippen molar-refractivity contribution in [2.24, 2.45) is 0 Å². The number of rotatable bonds is 5. The van der Waals surface area contributed by atoms with E-state index in [-0.39, 0.29) is 5.54 Å². The van der Waals surface area contributed by atoms with E-state index < -0.39 is 0 Å². The number of amides is 1. The Bertz CT molecular complexity index is 760. The molecule has 138 valence electrons. The highest BCUT2D eigenvalue weighted by atomic mass is 32.1. The molecule has 4 rings (SSSR count). The Balaban J connectivity index is 1.35. The van der Waals surface area contributed by atoms with E-state index in [1.54, 1.807) is 11.3 Å². The number of piperidine rings is 1. The third kappa shape index (κ3) is 3.69. The van der Waals surface area contributed by atoms with Crippen molar-refractivity contribution in [3.63, 3.8) is 0 Å². The third-order valence-corrected chi connectivity index (χ3v) is 6.81. The average Bonchev–Trinajstić information content (AvgIpc) is 3.09. The van der Waals surface area contributed by atoms with Crippen LogP contribution in [0.25, 0.3) is 0 Å². The average molecular weight is 370 g/mol. The van der Waals surface area contributed by atoms with E-state index in [0.717, 1.165) is 44.0 Å². The van der Waals surface area contributed by atoms with Crippen LogP contribution in [0.15, 0.2) is 36.5 Å². The molecule has 0 aliphatic carbocycles. The normalized spacial score (nSPS) is 23.2. The summed E-state index contributed by atoms with van der Waals surface area (Å²) in [5.41, 5.74) is 1.46. The van der Waals surface area contributed by atoms with Crippen molar-refractivity contribution < 1.29 is 4.79 Å². The van der Waals surface area contributed by atoms with Gasteiger partial charge in [-0.05, 0) is 38.2 Å². The van der Waals surface area contributed by atoms with Crippen LogP contribution < -0.4 is 0 Å². The number of carbonyl (C=O) groups excluding carboxylic acids is 1. The van der Waals surface area contributed by atoms with E-state index in [1.165, 1.54) is 23.3 Å². The summed E-state index contributed by atoms with van der Waals surface area (Å²) >= 11 is 1.79. The number of aryl methyl sites for hydroxylation is 2. The maximum Gasteiger partial charge on any atom is 0.222 e. The van der Waals surface area contributed by atoms with Crippen LogP contribution >= 0.6 is 11.3 Å². The lowest BCUT2D eigenvalue weighted by Gasteiger charge is -2.57. The van der Waals surface area contributed by atoms with Gasteiger partial charge in [0.15, 0.2) is 0 Å². The highest BCUT2D eigenvalue weighted by Gasteiger charge is 2.47. The molecule has 2 aromatic rings. The molecule has 26 heavy (non-hydrogen) atoms. The van der Waals surface area contributed by atoms with Crippen LogP contribution in [0.2, 0.25) is 0 Å². The lowest BCUT2D eigenvalue weighted by molar-refractivity contribution is -0.140. The molecule has 1 aromatic carbocycles. The molecule has 0 N–H and O–H groups in total. The summed E-state index contributed by atoms with van der Waals surface area (Å²) in [6.07, 6.45) is 7.02. The van der Waals surface area contributed by atoms with E-state index in [0.29, 0.717) is 12.3 Å². The van der Waals surface area contributed by atoms with Crippen LogP contribution in [0.4, 0.5) is 0 Å². The maximum atomic E-state index is 12.8. The van der Waals surface area contributed by atoms with Crippen molar-refractivity contribution in [3.8, 4) is 0 Å². The minimum Gasteiger partial charge on any atom is -0.341 e. The minimum absolute atomic E-state index is 0.207. The summed E-state index contributed by atoms with van der Waals surface area (Å²) in [4.78, 5) is 23.2. The number of likely N-dealkylation sites (tertiary alicyclic amines) is 2. The highest BCUT2D eigenvalue weighted by molar-refractivity contribution is 7.11. The zero-order chi connectivity index (χ0) is 18.0. The zero-order valence-electron chi connectivity index (χ0n) is 15.5. The lowest BCUT2D eigenvalue weighted by atomic mass is 9.77. The quantitative estimate of drug-likeness (QED) is 0.807. The van der Waals surface area contributed by atoms with Crippen molar-refractivity contribution in [1.29, 1.82) is 0 Å². The van der Waals surface area contributed by atoms with E-state index in [1.807, 2.05) is 24.4 Å². The number of nitrogens with zero attached hydrogens (tertiary/aromatic N) is 3. The zero-order valence-corrected chi connectivity index (χ0v) is 16.3. The molecule has 2 aliphatic rings. The van der Waals surface area contributed by atoms with E-state index in [2.05, 4.69) is 33.8 Å². The molecule has 2 saturated heterocycles. The first-order chi connectivity index (χ1) is 12.6. The topological polar surface area (TPSA) is 36.4 Å². The van der Waals surface area contributed by atoms with Crippen molar-refractivity contribution >= 4 is 17.2 Å². The monoisotopic (exact) mass is 369 g/mol. The van der Waals surface area contributed by atoms with Gasteiger partial charge < -0.3 is 4.90 Å². The van der Waals surface area contributed by atoms with Gasteiger partial charge in [0.2, 0.25) is 5.91 Å². The van der Waals surface area contributed by atoms with Gasteiger partial charge in [0.1, 0.15) is 0 Å². The van der Waals surface area contributed by atoms with Crippen molar-refractivity contribution in [2.75, 3.05) is 19.6 Å². The minimum atomic E-state index is 0.207. The molecule has 0 bridgehead atoms. The Labute approximate surface area is 159 Å². The molecule has 2 fully saturated rings. The fraction of sp³-hybridized carbons (Fsp3) is 0.524. The summed E-state index contributed by atoms with van der Waals surface area (Å²) in [5.74, 6) is 0.313. The molecule has 1 aromatic heterocycles. The molecule has 1 spiro atoms. The SMILES string of the molecule is Cc1ncc(CN2CC[C@]23CCCN(C(=O)CCc2ccccc2)C3)s1. The number of thiazole rings is 1. The van der Waals surface area contributed by atoms with E-state index >= 15 is 0 Å². The van der Waals surface area contributed by atoms with Gasteiger partial charge in [-0.1, -0.05) is 30.3 Å². The van der Waals surface area contributed by atoms with E-state index in [9.17, 15) is 4.79 Å². The summed E-state index contributed by atoms with van der Waals surface area (Å²) in [6.45, 7) is 6.01. The van der Waals surface area contributed by atoms with Crippen molar-refractivity contribution in [1.82, 2.24) is 14.8 Å². The largest absolute Gasteiger partial charge is 0.341 e. The molecule has 0 unspecified atom stereocenters. The van der Waals surface area contributed by atoms with Crippen LogP contribution in [0.3, 0.4) is 0 Å². The lowest BCUT2D eigenvalue weighted by Crippen LogP contribution is -2.66. The second-order valence-corrected chi connectivity index (χ2v) is 8.97. The summed E-state index contributed by atoms with van der Waals surface area (Å²) in [5, 5.41) is 1.14. The van der Waals surface area contributed by atoms with E-state index in [4.69, 9.17) is 0 Å². The predicted octanol–water partition coefficient (Wildman–Crippen LogP) is 3.65. The summed E-state index contributed by atoms with van der Waals surface area (Å²) in [7, 11) is 0. The van der Waals surface area contributed by atoms with Gasteiger partial charge >= 0.3 is 0 Å². The van der Waals surface area contributed by atoms with Gasteiger partial charge in [-0.2, -0.15) is 0 Å². The Morgan fingerprint density at radius 3 is 2.77 bits per heavy atom. The van der Waals surface area contributed by atoms with Gasteiger partial charge in [-0.25, -0.2) is 4.98 Å². The highest BCUT2D eigenvalue weighted by Crippen LogP contribution is 2.40. The Hall–Kier alpha value is -1.72. The van der Waals surface area contributed by atoms with Crippen molar-refractivity contribution in [2.45, 2.75) is 51.1 Å². The smallest absolute Gasteiger partial charge is 0.222 e. The molecule has 1 amide bonds. The van der Waals surface area contributed by atoms with Gasteiger partial charge in [0, 0.05) is 49.2 Å². The molecule has 0 saturated carbocycles. The van der Waals surface area contributed by atoms with Crippen LogP contribution in [0.1, 0.15) is 41.1 Å². The molecule has 3 heterocycles. The Morgan fingerprint density at radius 2 is 2.08 bits per heavy atom. The molecule has 4 nitrogen and oxygen atoms in total. The second kappa shape index (κ2) is 7.49. The number of carbonyl (C=O) groups is 1. The maximum absolute atomic E-state index is 12.8. The molecular weight excluding hydrogens is 342 g/mol. The van der Waals surface area contributed by atoms with Gasteiger partial charge in [-0.15, -0.1) is 11.3 Å². The molecule has 1 atom stereocenters. The van der Waals surface area contributed by atoms with Crippen molar-refractivity contribution in [3.05, 3.63) is 52.0 Å². The predicted molar refractivity (Wildman–Crippen MR) is 105 cm³/mol. The van der Waals surface area contributed by atoms with Gasteiger partial charge in [0.05, 0.1) is 5.01 Å².